The van der Waals surface area contributed by atoms with E-state index in [0.717, 1.165) is 96.3 Å². The van der Waals surface area contributed by atoms with E-state index in [1.807, 2.05) is 0 Å². The lowest BCUT2D eigenvalue weighted by Crippen LogP contribution is -2.30. The average molecular weight is 1150 g/mol. The van der Waals surface area contributed by atoms with Crippen LogP contribution in [0.3, 0.4) is 0 Å². The normalized spacial score (nSPS) is 12.4. The zero-order valence-corrected chi connectivity index (χ0v) is 55.0. The van der Waals surface area contributed by atoms with Gasteiger partial charge in [0.1, 0.15) is 13.2 Å². The van der Waals surface area contributed by atoms with Crippen LogP contribution in [0, 0.1) is 0 Å². The van der Waals surface area contributed by atoms with Crippen LogP contribution in [0.1, 0.15) is 387 Å². The van der Waals surface area contributed by atoms with Gasteiger partial charge in [-0.25, -0.2) is 0 Å². The molecule has 0 amide bonds. The first-order chi connectivity index (χ1) is 40.5. The molecule has 0 bridgehead atoms. The predicted octanol–water partition coefficient (Wildman–Crippen LogP) is 25.1. The minimum Gasteiger partial charge on any atom is -0.462 e. The monoisotopic (exact) mass is 1150 g/mol. The molecule has 82 heavy (non-hydrogen) atoms. The van der Waals surface area contributed by atoms with E-state index < -0.39 is 6.10 Å². The minimum absolute atomic E-state index is 0.0786. The maximum absolute atomic E-state index is 12.9. The summed E-state index contributed by atoms with van der Waals surface area (Å²) in [6.45, 7) is 6.64. The second-order valence-corrected chi connectivity index (χ2v) is 24.5. The van der Waals surface area contributed by atoms with Crippen LogP contribution in [0.25, 0.3) is 0 Å². The number of carbonyl (C=O) groups excluding carboxylic acids is 3. The smallest absolute Gasteiger partial charge is 0.306 e. The lowest BCUT2D eigenvalue weighted by Gasteiger charge is -2.18. The lowest BCUT2D eigenvalue weighted by atomic mass is 10.0. The predicted molar refractivity (Wildman–Crippen MR) is 358 cm³/mol. The van der Waals surface area contributed by atoms with Crippen LogP contribution in [0.5, 0.6) is 0 Å². The summed E-state index contributed by atoms with van der Waals surface area (Å²) in [7, 11) is 0. The molecule has 0 aliphatic heterocycles. The first-order valence-electron chi connectivity index (χ1n) is 36.3. The molecule has 6 nitrogen and oxygen atoms in total. The van der Waals surface area contributed by atoms with Gasteiger partial charge in [-0.05, 0) is 109 Å². The van der Waals surface area contributed by atoms with E-state index in [0.29, 0.717) is 19.3 Å². The van der Waals surface area contributed by atoms with Gasteiger partial charge in [0, 0.05) is 19.3 Å². The van der Waals surface area contributed by atoms with Crippen molar-refractivity contribution >= 4 is 17.9 Å². The number of unbranched alkanes of at least 4 members (excludes halogenated alkanes) is 46. The average Bonchev–Trinajstić information content (AvgIpc) is 3.47. The third-order valence-electron chi connectivity index (χ3n) is 16.2. The van der Waals surface area contributed by atoms with Crippen molar-refractivity contribution in [1.29, 1.82) is 0 Å². The van der Waals surface area contributed by atoms with Crippen molar-refractivity contribution in [1.82, 2.24) is 0 Å². The molecule has 0 fully saturated rings. The van der Waals surface area contributed by atoms with Gasteiger partial charge in [-0.1, -0.05) is 319 Å². The zero-order valence-electron chi connectivity index (χ0n) is 55.0. The van der Waals surface area contributed by atoms with Crippen LogP contribution in [0.2, 0.25) is 0 Å². The summed E-state index contributed by atoms with van der Waals surface area (Å²) in [5.41, 5.74) is 0. The Hall–Kier alpha value is -2.89. The zero-order chi connectivity index (χ0) is 59.2. The molecule has 0 saturated carbocycles. The number of ether oxygens (including phenoxy) is 3. The summed E-state index contributed by atoms with van der Waals surface area (Å²) in [6.07, 6.45) is 91.2. The lowest BCUT2D eigenvalue weighted by molar-refractivity contribution is -0.167. The number of rotatable bonds is 67. The van der Waals surface area contributed by atoms with E-state index in [4.69, 9.17) is 14.2 Å². The summed E-state index contributed by atoms with van der Waals surface area (Å²) >= 11 is 0. The molecule has 0 aromatic heterocycles. The van der Waals surface area contributed by atoms with Gasteiger partial charge in [-0.2, -0.15) is 0 Å². The largest absolute Gasteiger partial charge is 0.462 e. The Labute approximate surface area is 510 Å². The van der Waals surface area contributed by atoms with E-state index >= 15 is 0 Å². The van der Waals surface area contributed by atoms with Crippen LogP contribution in [-0.4, -0.2) is 37.2 Å². The third-order valence-corrected chi connectivity index (χ3v) is 16.2. The van der Waals surface area contributed by atoms with Crippen molar-refractivity contribution < 1.29 is 28.6 Å². The van der Waals surface area contributed by atoms with E-state index in [1.54, 1.807) is 0 Å². The van der Waals surface area contributed by atoms with E-state index in [1.165, 1.54) is 250 Å². The maximum atomic E-state index is 12.9. The summed E-state index contributed by atoms with van der Waals surface area (Å²) in [4.78, 5) is 38.4. The molecular formula is C76H138O6. The van der Waals surface area contributed by atoms with Crippen LogP contribution >= 0.6 is 0 Å². The van der Waals surface area contributed by atoms with Gasteiger partial charge in [0.25, 0.3) is 0 Å². The SMILES string of the molecule is CCCCCC/C=C\C/C=C\CCCCCCCC(=O)OC(COC(=O)CCCCCCC/C=C\CCCCCCCC)COC(=O)CCCCCCCCCCCCCCCCCCCCCCC/C=C\C/C=C\CCCCCCC. The highest BCUT2D eigenvalue weighted by Gasteiger charge is 2.19. The van der Waals surface area contributed by atoms with Gasteiger partial charge < -0.3 is 14.2 Å². The van der Waals surface area contributed by atoms with Crippen LogP contribution in [0.4, 0.5) is 0 Å². The molecule has 0 radical (unpaired) electrons. The second kappa shape index (κ2) is 70.6. The molecule has 0 aliphatic carbocycles. The van der Waals surface area contributed by atoms with Crippen molar-refractivity contribution in [2.45, 2.75) is 393 Å². The molecule has 0 N–H and O–H groups in total. The van der Waals surface area contributed by atoms with Gasteiger partial charge in [-0.3, -0.25) is 14.4 Å². The van der Waals surface area contributed by atoms with Crippen LogP contribution in [0.15, 0.2) is 60.8 Å². The Morgan fingerprint density at radius 3 is 0.695 bits per heavy atom. The molecular weight excluding hydrogens is 1010 g/mol. The highest BCUT2D eigenvalue weighted by atomic mass is 16.6. The first kappa shape index (κ1) is 79.1. The number of hydrogen-bond donors (Lipinski definition) is 0. The standard InChI is InChI=1S/C76H138O6/c1-4-7-10-13-16-19-22-25-28-30-31-32-33-34-35-36-37-38-39-40-41-42-43-44-45-46-49-51-54-57-60-63-66-69-75(78)81-72-73(71-80-74(77)68-65-62-59-56-53-50-47-27-24-21-18-15-12-9-6-3)82-76(79)70-67-64-61-58-55-52-48-29-26-23-20-17-14-11-8-5-2/h20,22-23,25,27,29-31,47-48,73H,4-19,21,24,26,28,32-46,49-72H2,1-3H3/b23-20-,25-22-,31-30-,47-27-,48-29-. The van der Waals surface area contributed by atoms with Crippen molar-refractivity contribution in [3.05, 3.63) is 60.8 Å². The van der Waals surface area contributed by atoms with Crippen molar-refractivity contribution in [3.63, 3.8) is 0 Å². The molecule has 0 spiro atoms. The van der Waals surface area contributed by atoms with Crippen molar-refractivity contribution in [2.24, 2.45) is 0 Å². The number of hydrogen-bond acceptors (Lipinski definition) is 6. The Balaban J connectivity index is 4.16. The molecule has 0 aromatic rings. The quantitative estimate of drug-likeness (QED) is 0.0261. The van der Waals surface area contributed by atoms with Gasteiger partial charge in [-0.15, -0.1) is 0 Å². The molecule has 1 atom stereocenters. The maximum Gasteiger partial charge on any atom is 0.306 e. The van der Waals surface area contributed by atoms with Gasteiger partial charge >= 0.3 is 17.9 Å². The number of allylic oxidation sites excluding steroid dienone is 10. The molecule has 0 aliphatic rings. The molecule has 6 heteroatoms. The molecule has 478 valence electrons. The Morgan fingerprint density at radius 2 is 0.439 bits per heavy atom. The Bertz CT molecular complexity index is 1460. The van der Waals surface area contributed by atoms with Crippen LogP contribution < -0.4 is 0 Å². The first-order valence-corrected chi connectivity index (χ1v) is 36.3. The highest BCUT2D eigenvalue weighted by molar-refractivity contribution is 5.71. The molecule has 0 heterocycles. The van der Waals surface area contributed by atoms with E-state index in [-0.39, 0.29) is 31.1 Å². The van der Waals surface area contributed by atoms with E-state index in [9.17, 15) is 14.4 Å². The summed E-state index contributed by atoms with van der Waals surface area (Å²) in [6, 6.07) is 0. The third kappa shape index (κ3) is 67.9. The van der Waals surface area contributed by atoms with Gasteiger partial charge in [0.05, 0.1) is 0 Å². The summed E-state index contributed by atoms with van der Waals surface area (Å²) in [5.74, 6) is -0.879. The summed E-state index contributed by atoms with van der Waals surface area (Å²) in [5, 5.41) is 0. The molecule has 0 rings (SSSR count). The van der Waals surface area contributed by atoms with Crippen molar-refractivity contribution in [3.8, 4) is 0 Å². The van der Waals surface area contributed by atoms with E-state index in [2.05, 4.69) is 81.5 Å². The van der Waals surface area contributed by atoms with Crippen LogP contribution in [-0.2, 0) is 28.6 Å². The van der Waals surface area contributed by atoms with Gasteiger partial charge in [0.15, 0.2) is 6.10 Å². The summed E-state index contributed by atoms with van der Waals surface area (Å²) < 4.78 is 17.0. The molecule has 0 saturated heterocycles. The van der Waals surface area contributed by atoms with Gasteiger partial charge in [0.2, 0.25) is 0 Å². The molecule has 0 aromatic carbocycles. The molecule has 1 unspecified atom stereocenters. The fourth-order valence-electron chi connectivity index (χ4n) is 10.7. The number of esters is 3. The second-order valence-electron chi connectivity index (χ2n) is 24.5. The minimum atomic E-state index is -0.784. The highest BCUT2D eigenvalue weighted by Crippen LogP contribution is 2.18. The fourth-order valence-corrected chi connectivity index (χ4v) is 10.7. The van der Waals surface area contributed by atoms with Crippen molar-refractivity contribution in [2.75, 3.05) is 13.2 Å². The Morgan fingerprint density at radius 1 is 0.244 bits per heavy atom. The fraction of sp³-hybridized carbons (Fsp3) is 0.829. The number of carbonyl (C=O) groups is 3. The Kier molecular flexibility index (Phi) is 68.1. The topological polar surface area (TPSA) is 78.9 Å².